The van der Waals surface area contributed by atoms with Gasteiger partial charge in [-0.25, -0.2) is 0 Å². The summed E-state index contributed by atoms with van der Waals surface area (Å²) >= 11 is 6.77. The Bertz CT molecular complexity index is 252. The highest BCUT2D eigenvalue weighted by molar-refractivity contribution is 9.11. The zero-order chi connectivity index (χ0) is 8.81. The molecular weight excluding hydrogens is 252 g/mol. The molecule has 0 aliphatic carbocycles. The van der Waals surface area contributed by atoms with Crippen molar-refractivity contribution in [1.82, 2.24) is 0 Å². The summed E-state index contributed by atoms with van der Waals surface area (Å²) in [5, 5.41) is 4.11. The van der Waals surface area contributed by atoms with Crippen LogP contribution in [0.5, 0.6) is 0 Å². The fraction of sp³-hybridized carbons (Fsp3) is 0.111. The van der Waals surface area contributed by atoms with E-state index in [9.17, 15) is 0 Å². The van der Waals surface area contributed by atoms with E-state index in [1.165, 1.54) is 8.66 Å². The van der Waals surface area contributed by atoms with Crippen molar-refractivity contribution >= 4 is 38.6 Å². The third-order valence-electron chi connectivity index (χ3n) is 1.15. The van der Waals surface area contributed by atoms with Crippen molar-refractivity contribution in [2.45, 2.75) is 6.92 Å². The summed E-state index contributed by atoms with van der Waals surface area (Å²) in [6.45, 7) is 2.10. The van der Waals surface area contributed by atoms with Gasteiger partial charge in [-0.3, -0.25) is 0 Å². The lowest BCUT2D eigenvalue weighted by Crippen LogP contribution is -1.42. The largest absolute Gasteiger partial charge is 0.149 e. The zero-order valence-corrected chi connectivity index (χ0v) is 9.88. The molecule has 0 N–H and O–H groups in total. The third-order valence-corrected chi connectivity index (χ3v) is 3.43. The molecule has 0 aliphatic rings. The molecule has 0 saturated heterocycles. The minimum Gasteiger partial charge on any atom is -0.149 e. The van der Waals surface area contributed by atoms with Crippen molar-refractivity contribution in [2.24, 2.45) is 0 Å². The summed E-state index contributed by atoms with van der Waals surface area (Å²) in [6.07, 6.45) is 0. The highest BCUT2D eigenvalue weighted by atomic mass is 79.9. The molecule has 12 heavy (non-hydrogen) atoms. The third kappa shape index (κ3) is 4.04. The molecule has 0 aliphatic heterocycles. The molecule has 0 bridgehead atoms. The second kappa shape index (κ2) is 5.51. The Morgan fingerprint density at radius 2 is 1.75 bits per heavy atom. The van der Waals surface area contributed by atoms with Crippen molar-refractivity contribution in [1.29, 1.82) is 0 Å². The smallest absolute Gasteiger partial charge is 0.0698 e. The summed E-state index contributed by atoms with van der Waals surface area (Å²) < 4.78 is 1.20. The molecule has 0 saturated carbocycles. The molecule has 64 valence electrons. The number of hydrogen-bond acceptors (Lipinski definition) is 2. The van der Waals surface area contributed by atoms with Crippen LogP contribution in [0.15, 0.2) is 38.8 Å². The molecule has 0 aromatic carbocycles. The first-order valence-electron chi connectivity index (χ1n) is 3.48. The molecule has 0 atom stereocenters. The second-order valence-electron chi connectivity index (χ2n) is 2.14. The number of aryl methyl sites for hydroxylation is 1. The summed E-state index contributed by atoms with van der Waals surface area (Å²) in [5.41, 5.74) is 0. The van der Waals surface area contributed by atoms with Crippen LogP contribution in [0.4, 0.5) is 0 Å². The first-order valence-corrected chi connectivity index (χ1v) is 6.03. The molecule has 2 heterocycles. The van der Waals surface area contributed by atoms with Gasteiger partial charge in [0.05, 0.1) is 3.79 Å². The normalized spacial score (nSPS) is 8.83. The van der Waals surface area contributed by atoms with E-state index in [0.29, 0.717) is 0 Å². The Balaban J connectivity index is 0.000000120. The lowest BCUT2D eigenvalue weighted by Gasteiger charge is -1.65. The highest BCUT2D eigenvalue weighted by Gasteiger charge is 1.77. The van der Waals surface area contributed by atoms with E-state index in [2.05, 4.69) is 40.4 Å². The van der Waals surface area contributed by atoms with Crippen LogP contribution in [0.1, 0.15) is 4.88 Å². The molecule has 3 heteroatoms. The minimum atomic E-state index is 1.20. The van der Waals surface area contributed by atoms with E-state index in [1.54, 1.807) is 22.7 Å². The molecule has 2 rings (SSSR count). The minimum absolute atomic E-state index is 1.20. The van der Waals surface area contributed by atoms with Gasteiger partial charge in [-0.05, 0) is 45.7 Å². The first kappa shape index (κ1) is 9.96. The predicted molar refractivity (Wildman–Crippen MR) is 61.1 cm³/mol. The van der Waals surface area contributed by atoms with Crippen LogP contribution in [0.2, 0.25) is 0 Å². The van der Waals surface area contributed by atoms with Gasteiger partial charge in [0.25, 0.3) is 0 Å². The lowest BCUT2D eigenvalue weighted by atomic mass is 10.5. The van der Waals surface area contributed by atoms with Crippen LogP contribution in [0.25, 0.3) is 0 Å². The van der Waals surface area contributed by atoms with Gasteiger partial charge in [-0.2, -0.15) is 0 Å². The molecule has 0 fully saturated rings. The number of hydrogen-bond donors (Lipinski definition) is 0. The van der Waals surface area contributed by atoms with Crippen LogP contribution in [-0.2, 0) is 0 Å². The van der Waals surface area contributed by atoms with Gasteiger partial charge in [0, 0.05) is 4.88 Å². The summed E-state index contributed by atoms with van der Waals surface area (Å²) in [7, 11) is 0. The van der Waals surface area contributed by atoms with E-state index >= 15 is 0 Å². The summed E-state index contributed by atoms with van der Waals surface area (Å²) in [6, 6.07) is 8.18. The monoisotopic (exact) mass is 260 g/mol. The van der Waals surface area contributed by atoms with Crippen LogP contribution in [0, 0.1) is 6.92 Å². The van der Waals surface area contributed by atoms with Gasteiger partial charge in [0.15, 0.2) is 0 Å². The second-order valence-corrected chi connectivity index (χ2v) is 5.62. The summed E-state index contributed by atoms with van der Waals surface area (Å²) in [5.74, 6) is 0. The van der Waals surface area contributed by atoms with Crippen molar-refractivity contribution in [2.75, 3.05) is 0 Å². The van der Waals surface area contributed by atoms with Crippen LogP contribution >= 0.6 is 38.6 Å². The molecule has 0 amide bonds. The molecular formula is C9H9BrS2. The highest BCUT2D eigenvalue weighted by Crippen LogP contribution is 2.14. The van der Waals surface area contributed by atoms with Crippen molar-refractivity contribution in [3.63, 3.8) is 0 Å². The lowest BCUT2D eigenvalue weighted by molar-refractivity contribution is 1.64. The fourth-order valence-corrected chi connectivity index (χ4v) is 2.07. The molecule has 0 unspecified atom stereocenters. The van der Waals surface area contributed by atoms with Gasteiger partial charge in [0.2, 0.25) is 0 Å². The molecule has 2 aromatic heterocycles. The van der Waals surface area contributed by atoms with E-state index < -0.39 is 0 Å². The van der Waals surface area contributed by atoms with Gasteiger partial charge in [0.1, 0.15) is 0 Å². The van der Waals surface area contributed by atoms with Crippen molar-refractivity contribution in [3.05, 3.63) is 43.7 Å². The Morgan fingerprint density at radius 3 is 1.92 bits per heavy atom. The SMILES string of the molecule is Brc1cccs1.Cc1cccs1. The van der Waals surface area contributed by atoms with Crippen LogP contribution < -0.4 is 0 Å². The summed E-state index contributed by atoms with van der Waals surface area (Å²) in [4.78, 5) is 1.38. The number of thiophene rings is 2. The van der Waals surface area contributed by atoms with E-state index in [4.69, 9.17) is 0 Å². The zero-order valence-electron chi connectivity index (χ0n) is 6.66. The van der Waals surface area contributed by atoms with E-state index in [1.807, 2.05) is 17.5 Å². The maximum Gasteiger partial charge on any atom is 0.0698 e. The Kier molecular flexibility index (Phi) is 4.58. The van der Waals surface area contributed by atoms with E-state index in [0.717, 1.165) is 0 Å². The van der Waals surface area contributed by atoms with Crippen LogP contribution in [0.3, 0.4) is 0 Å². The standard InChI is InChI=1S/C5H6S.C4H3BrS/c1-5-3-2-4-6-5;5-4-2-1-3-6-4/h2-4H,1H3;1-3H. The maximum atomic E-state index is 3.30. The topological polar surface area (TPSA) is 0 Å². The van der Waals surface area contributed by atoms with Crippen LogP contribution in [-0.4, -0.2) is 0 Å². The fourth-order valence-electron chi connectivity index (χ4n) is 0.619. The Morgan fingerprint density at radius 1 is 1.08 bits per heavy atom. The van der Waals surface area contributed by atoms with Gasteiger partial charge >= 0.3 is 0 Å². The predicted octanol–water partition coefficient (Wildman–Crippen LogP) is 4.57. The average molecular weight is 261 g/mol. The quantitative estimate of drug-likeness (QED) is 0.651. The van der Waals surface area contributed by atoms with Crippen molar-refractivity contribution < 1.29 is 0 Å². The van der Waals surface area contributed by atoms with E-state index in [-0.39, 0.29) is 0 Å². The van der Waals surface area contributed by atoms with Gasteiger partial charge < -0.3 is 0 Å². The molecule has 0 spiro atoms. The van der Waals surface area contributed by atoms with Gasteiger partial charge in [-0.1, -0.05) is 12.1 Å². The van der Waals surface area contributed by atoms with Crippen molar-refractivity contribution in [3.8, 4) is 0 Å². The first-order chi connectivity index (χ1) is 5.79. The molecule has 0 nitrogen and oxygen atoms in total. The Labute approximate surface area is 89.0 Å². The Hall–Kier alpha value is -0.120. The maximum absolute atomic E-state index is 3.30. The molecule has 2 aromatic rings. The number of rotatable bonds is 0. The number of halogens is 1. The average Bonchev–Trinajstić information content (AvgIpc) is 2.63. The van der Waals surface area contributed by atoms with Gasteiger partial charge in [-0.15, -0.1) is 22.7 Å². The molecule has 0 radical (unpaired) electrons.